The molecule has 0 bridgehead atoms. The topological polar surface area (TPSA) is 52.7 Å². The molecule has 0 saturated carbocycles. The van der Waals surface area contributed by atoms with Crippen LogP contribution in [0, 0.1) is 0 Å². The minimum Gasteiger partial charge on any atom is -0.353 e. The van der Waals surface area contributed by atoms with Crippen LogP contribution in [0.3, 0.4) is 0 Å². The summed E-state index contributed by atoms with van der Waals surface area (Å²) in [5, 5.41) is 3.62. The van der Waals surface area contributed by atoms with Crippen molar-refractivity contribution in [2.24, 2.45) is 0 Å². The maximum atomic E-state index is 12.3. The summed E-state index contributed by atoms with van der Waals surface area (Å²) in [7, 11) is 0. The van der Waals surface area contributed by atoms with Crippen molar-refractivity contribution in [2.75, 3.05) is 38.5 Å². The first-order valence-corrected chi connectivity index (χ1v) is 10.1. The number of nitrogens with zero attached hydrogens (tertiary/aromatic N) is 2. The Labute approximate surface area is 159 Å². The molecule has 5 nitrogen and oxygen atoms in total. The number of carbonyl (C=O) groups excluding carboxylic acids is 2. The fraction of sp³-hybridized carbons (Fsp3) is 0.556. The zero-order valence-electron chi connectivity index (χ0n) is 14.8. The van der Waals surface area contributed by atoms with Crippen molar-refractivity contribution < 1.29 is 9.59 Å². The normalized spacial score (nSPS) is 15.4. The number of hydrogen-bond acceptors (Lipinski definition) is 4. The zero-order chi connectivity index (χ0) is 18.2. The lowest BCUT2D eigenvalue weighted by atomic mass is 10.2. The van der Waals surface area contributed by atoms with Gasteiger partial charge in [0.05, 0.1) is 12.3 Å². The summed E-state index contributed by atoms with van der Waals surface area (Å²) in [5.74, 6) is 1.47. The molecule has 0 radical (unpaired) electrons. The summed E-state index contributed by atoms with van der Waals surface area (Å²) >= 11 is 7.58. The SMILES string of the molecule is CC(C)NC(=O)CN1CCN(C(=O)CSCc2cccc(Cl)c2)CC1. The highest BCUT2D eigenvalue weighted by molar-refractivity contribution is 7.99. The van der Waals surface area contributed by atoms with E-state index >= 15 is 0 Å². The smallest absolute Gasteiger partial charge is 0.234 e. The highest BCUT2D eigenvalue weighted by Crippen LogP contribution is 2.17. The van der Waals surface area contributed by atoms with Crippen molar-refractivity contribution in [2.45, 2.75) is 25.6 Å². The molecular formula is C18H26ClN3O2S. The number of nitrogens with one attached hydrogen (secondary N) is 1. The van der Waals surface area contributed by atoms with Crippen molar-refractivity contribution in [3.05, 3.63) is 34.9 Å². The fourth-order valence-corrected chi connectivity index (χ4v) is 3.79. The second-order valence-corrected chi connectivity index (χ2v) is 7.92. The van der Waals surface area contributed by atoms with Gasteiger partial charge in [-0.3, -0.25) is 14.5 Å². The second-order valence-electron chi connectivity index (χ2n) is 6.50. The van der Waals surface area contributed by atoms with Crippen LogP contribution in [0.2, 0.25) is 5.02 Å². The third-order valence-corrected chi connectivity index (χ3v) is 5.15. The number of halogens is 1. The highest BCUT2D eigenvalue weighted by atomic mass is 35.5. The van der Waals surface area contributed by atoms with Crippen LogP contribution in [0.4, 0.5) is 0 Å². The first kappa shape index (κ1) is 20.1. The molecule has 1 aromatic carbocycles. The molecule has 1 fully saturated rings. The van der Waals surface area contributed by atoms with Crippen molar-refractivity contribution >= 4 is 35.2 Å². The first-order chi connectivity index (χ1) is 11.9. The van der Waals surface area contributed by atoms with E-state index in [9.17, 15) is 9.59 Å². The minimum atomic E-state index is 0.0480. The monoisotopic (exact) mass is 383 g/mol. The number of amides is 2. The molecule has 25 heavy (non-hydrogen) atoms. The first-order valence-electron chi connectivity index (χ1n) is 8.55. The Hall–Kier alpha value is -1.24. The molecular weight excluding hydrogens is 358 g/mol. The summed E-state index contributed by atoms with van der Waals surface area (Å²) in [6.07, 6.45) is 0. The lowest BCUT2D eigenvalue weighted by Crippen LogP contribution is -2.52. The molecule has 0 unspecified atom stereocenters. The van der Waals surface area contributed by atoms with Crippen LogP contribution in [0.25, 0.3) is 0 Å². The summed E-state index contributed by atoms with van der Waals surface area (Å²) in [6, 6.07) is 7.88. The Morgan fingerprint density at radius 3 is 2.60 bits per heavy atom. The van der Waals surface area contributed by atoms with E-state index in [1.807, 2.05) is 43.0 Å². The summed E-state index contributed by atoms with van der Waals surface area (Å²) in [5.41, 5.74) is 1.13. The van der Waals surface area contributed by atoms with Crippen molar-refractivity contribution in [1.82, 2.24) is 15.1 Å². The third-order valence-electron chi connectivity index (χ3n) is 3.93. The van der Waals surface area contributed by atoms with E-state index in [0.717, 1.165) is 29.4 Å². The molecule has 1 heterocycles. The van der Waals surface area contributed by atoms with E-state index in [0.29, 0.717) is 25.4 Å². The summed E-state index contributed by atoms with van der Waals surface area (Å²) in [4.78, 5) is 28.1. The largest absolute Gasteiger partial charge is 0.353 e. The van der Waals surface area contributed by atoms with Crippen molar-refractivity contribution in [3.8, 4) is 0 Å². The third kappa shape index (κ3) is 7.26. The van der Waals surface area contributed by atoms with Crippen molar-refractivity contribution in [1.29, 1.82) is 0 Å². The summed E-state index contributed by atoms with van der Waals surface area (Å²) < 4.78 is 0. The molecule has 138 valence electrons. The molecule has 0 spiro atoms. The molecule has 1 aliphatic heterocycles. The van der Waals surface area contributed by atoms with E-state index in [4.69, 9.17) is 11.6 Å². The molecule has 0 atom stereocenters. The van der Waals surface area contributed by atoms with Gasteiger partial charge in [-0.2, -0.15) is 0 Å². The zero-order valence-corrected chi connectivity index (χ0v) is 16.4. The highest BCUT2D eigenvalue weighted by Gasteiger charge is 2.22. The van der Waals surface area contributed by atoms with E-state index < -0.39 is 0 Å². The van der Waals surface area contributed by atoms with Crippen LogP contribution in [-0.2, 0) is 15.3 Å². The molecule has 0 aromatic heterocycles. The Balaban J connectivity index is 1.66. The van der Waals surface area contributed by atoms with E-state index in [1.54, 1.807) is 11.8 Å². The molecule has 1 N–H and O–H groups in total. The fourth-order valence-electron chi connectivity index (χ4n) is 2.70. The van der Waals surface area contributed by atoms with Crippen LogP contribution in [0.1, 0.15) is 19.4 Å². The Kier molecular flexibility index (Phi) is 8.06. The van der Waals surface area contributed by atoms with E-state index in [1.165, 1.54) is 0 Å². The van der Waals surface area contributed by atoms with Crippen LogP contribution in [-0.4, -0.2) is 66.1 Å². The van der Waals surface area contributed by atoms with Crippen LogP contribution < -0.4 is 5.32 Å². The lowest BCUT2D eigenvalue weighted by Gasteiger charge is -2.34. The minimum absolute atomic E-state index is 0.0480. The van der Waals surface area contributed by atoms with Crippen molar-refractivity contribution in [3.63, 3.8) is 0 Å². The van der Waals surface area contributed by atoms with Gasteiger partial charge < -0.3 is 10.2 Å². The number of carbonyl (C=O) groups is 2. The molecule has 1 aromatic rings. The van der Waals surface area contributed by atoms with Gasteiger partial charge in [0.2, 0.25) is 11.8 Å². The quantitative estimate of drug-likeness (QED) is 0.784. The van der Waals surface area contributed by atoms with Gasteiger partial charge in [0.1, 0.15) is 0 Å². The second kappa shape index (κ2) is 10.0. The van der Waals surface area contributed by atoms with Crippen LogP contribution >= 0.6 is 23.4 Å². The van der Waals surface area contributed by atoms with Gasteiger partial charge in [-0.1, -0.05) is 23.7 Å². The van der Waals surface area contributed by atoms with Crippen LogP contribution in [0.15, 0.2) is 24.3 Å². The van der Waals surface area contributed by atoms with E-state index in [2.05, 4.69) is 10.2 Å². The van der Waals surface area contributed by atoms with Gasteiger partial charge in [-0.05, 0) is 31.5 Å². The van der Waals surface area contributed by atoms with Gasteiger partial charge in [-0.25, -0.2) is 0 Å². The van der Waals surface area contributed by atoms with Gasteiger partial charge in [0.25, 0.3) is 0 Å². The molecule has 1 aliphatic rings. The van der Waals surface area contributed by atoms with Gasteiger partial charge in [0.15, 0.2) is 0 Å². The van der Waals surface area contributed by atoms with Gasteiger partial charge in [-0.15, -0.1) is 11.8 Å². The maximum Gasteiger partial charge on any atom is 0.234 e. The van der Waals surface area contributed by atoms with Gasteiger partial charge >= 0.3 is 0 Å². The molecule has 1 saturated heterocycles. The Morgan fingerprint density at radius 2 is 1.96 bits per heavy atom. The summed E-state index contributed by atoms with van der Waals surface area (Å²) in [6.45, 7) is 7.18. The number of thioether (sulfide) groups is 1. The number of benzene rings is 1. The average Bonchev–Trinajstić information content (AvgIpc) is 2.54. The Bertz CT molecular complexity index is 589. The van der Waals surface area contributed by atoms with Crippen LogP contribution in [0.5, 0.6) is 0 Å². The molecule has 2 rings (SSSR count). The molecule has 7 heteroatoms. The molecule has 0 aliphatic carbocycles. The number of rotatable bonds is 7. The van der Waals surface area contributed by atoms with E-state index in [-0.39, 0.29) is 17.9 Å². The van der Waals surface area contributed by atoms with Gasteiger partial charge in [0, 0.05) is 43.0 Å². The maximum absolute atomic E-state index is 12.3. The predicted molar refractivity (Wildman–Crippen MR) is 104 cm³/mol. The predicted octanol–water partition coefficient (Wildman–Crippen LogP) is 2.24. The molecule has 2 amide bonds. The Morgan fingerprint density at radius 1 is 1.24 bits per heavy atom. The average molecular weight is 384 g/mol. The number of piperazine rings is 1. The number of hydrogen-bond donors (Lipinski definition) is 1. The standard InChI is InChI=1S/C18H26ClN3O2S/c1-14(2)20-17(23)11-21-6-8-22(9-7-21)18(24)13-25-12-15-4-3-5-16(19)10-15/h3-5,10,14H,6-9,11-13H2,1-2H3,(H,20,23). The lowest BCUT2D eigenvalue weighted by molar-refractivity contribution is -0.130.